The number of amidine groups is 1. The second-order valence-electron chi connectivity index (χ2n) is 6.56. The minimum absolute atomic E-state index is 0.198. The average Bonchev–Trinajstić information content (AvgIpc) is 3.23. The van der Waals surface area contributed by atoms with Gasteiger partial charge in [-0.3, -0.25) is 24.3 Å². The lowest BCUT2D eigenvalue weighted by Gasteiger charge is -2.13. The molecule has 28 heavy (non-hydrogen) atoms. The third-order valence-corrected chi connectivity index (χ3v) is 4.72. The van der Waals surface area contributed by atoms with Gasteiger partial charge in [0.2, 0.25) is 0 Å². The molecular formula is C21H19N3O4. The van der Waals surface area contributed by atoms with Crippen molar-refractivity contribution in [2.75, 3.05) is 19.7 Å². The highest BCUT2D eigenvalue weighted by molar-refractivity contribution is 6.22. The average molecular weight is 377 g/mol. The molecule has 2 aliphatic rings. The summed E-state index contributed by atoms with van der Waals surface area (Å²) in [5.74, 6) is -0.666. The summed E-state index contributed by atoms with van der Waals surface area (Å²) in [6.45, 7) is 1.10. The highest BCUT2D eigenvalue weighted by Crippen LogP contribution is 2.22. The quantitative estimate of drug-likeness (QED) is 0.471. The molecule has 2 aliphatic heterocycles. The molecule has 0 saturated heterocycles. The normalized spacial score (nSPS) is 14.6. The Kier molecular flexibility index (Phi) is 4.89. The van der Waals surface area contributed by atoms with E-state index >= 15 is 0 Å². The lowest BCUT2D eigenvalue weighted by molar-refractivity contribution is -0.143. The van der Waals surface area contributed by atoms with Crippen LogP contribution in [0.5, 0.6) is 0 Å². The molecule has 0 atom stereocenters. The summed E-state index contributed by atoms with van der Waals surface area (Å²) >= 11 is 0. The lowest BCUT2D eigenvalue weighted by atomic mass is 10.1. The number of imide groups is 1. The Morgan fingerprint density at radius 3 is 2.36 bits per heavy atom. The summed E-state index contributed by atoms with van der Waals surface area (Å²) < 4.78 is 5.17. The van der Waals surface area contributed by atoms with E-state index in [9.17, 15) is 14.4 Å². The maximum Gasteiger partial charge on any atom is 0.326 e. The molecular weight excluding hydrogens is 358 g/mol. The summed E-state index contributed by atoms with van der Waals surface area (Å²) in [6, 6.07) is 14.6. The smallest absolute Gasteiger partial charge is 0.326 e. The number of rotatable bonds is 6. The maximum atomic E-state index is 12.2. The first-order valence-electron chi connectivity index (χ1n) is 9.12. The summed E-state index contributed by atoms with van der Waals surface area (Å²) in [4.78, 5) is 41.9. The lowest BCUT2D eigenvalue weighted by Crippen LogP contribution is -2.36. The van der Waals surface area contributed by atoms with Crippen molar-refractivity contribution in [3.63, 3.8) is 0 Å². The van der Waals surface area contributed by atoms with Gasteiger partial charge in [-0.1, -0.05) is 36.4 Å². The first-order chi connectivity index (χ1) is 13.6. The van der Waals surface area contributed by atoms with Crippen molar-refractivity contribution in [3.8, 4) is 0 Å². The van der Waals surface area contributed by atoms with Crippen LogP contribution in [-0.2, 0) is 16.1 Å². The number of amides is 2. The third kappa shape index (κ3) is 3.38. The third-order valence-electron chi connectivity index (χ3n) is 4.72. The fraction of sp³-hybridized carbons (Fsp3) is 0.238. The van der Waals surface area contributed by atoms with E-state index in [1.807, 2.05) is 18.2 Å². The zero-order valence-electron chi connectivity index (χ0n) is 15.2. The van der Waals surface area contributed by atoms with Gasteiger partial charge in [0.15, 0.2) is 0 Å². The molecule has 0 aliphatic carbocycles. The molecule has 7 nitrogen and oxygen atoms in total. The Morgan fingerprint density at radius 2 is 1.64 bits per heavy atom. The number of esters is 1. The molecule has 0 fully saturated rings. The summed E-state index contributed by atoms with van der Waals surface area (Å²) in [7, 11) is 0. The van der Waals surface area contributed by atoms with E-state index in [1.54, 1.807) is 24.3 Å². The van der Waals surface area contributed by atoms with Gasteiger partial charge in [0.25, 0.3) is 11.8 Å². The van der Waals surface area contributed by atoms with Crippen LogP contribution in [0.25, 0.3) is 0 Å². The van der Waals surface area contributed by atoms with Gasteiger partial charge in [0.1, 0.15) is 12.4 Å². The van der Waals surface area contributed by atoms with E-state index in [-0.39, 0.29) is 13.2 Å². The number of hydrogen-bond acceptors (Lipinski definition) is 6. The zero-order chi connectivity index (χ0) is 19.5. The van der Waals surface area contributed by atoms with Crippen molar-refractivity contribution < 1.29 is 19.1 Å². The largest absolute Gasteiger partial charge is 0.464 e. The Morgan fingerprint density at radius 1 is 1.00 bits per heavy atom. The maximum absolute atomic E-state index is 12.2. The molecule has 0 bridgehead atoms. The predicted octanol–water partition coefficient (Wildman–Crippen LogP) is 1.77. The van der Waals surface area contributed by atoms with E-state index in [1.165, 1.54) is 5.56 Å². The SMILES string of the molecule is O=C(CN1C(=O)c2ccccc2C1=O)OCCCNC1=NCc2ccccc21. The van der Waals surface area contributed by atoms with Crippen LogP contribution in [0.4, 0.5) is 0 Å². The van der Waals surface area contributed by atoms with Crippen molar-refractivity contribution in [1.82, 2.24) is 10.2 Å². The fourth-order valence-electron chi connectivity index (χ4n) is 3.31. The number of fused-ring (bicyclic) bond motifs is 2. The molecule has 0 aromatic heterocycles. The van der Waals surface area contributed by atoms with E-state index < -0.39 is 17.8 Å². The second kappa shape index (κ2) is 7.64. The molecule has 2 amide bonds. The van der Waals surface area contributed by atoms with E-state index in [4.69, 9.17) is 4.74 Å². The minimum Gasteiger partial charge on any atom is -0.464 e. The van der Waals surface area contributed by atoms with E-state index in [2.05, 4.69) is 16.4 Å². The number of nitrogens with one attached hydrogen (secondary N) is 1. The molecule has 0 saturated carbocycles. The standard InChI is InChI=1S/C21H19N3O4/c25-18(13-24-20(26)16-8-3-4-9-17(16)21(24)27)28-11-5-10-22-19-15-7-2-1-6-14(15)12-23-19/h1-4,6-9H,5,10-13H2,(H,22,23). The van der Waals surface area contributed by atoms with Crippen molar-refractivity contribution in [2.24, 2.45) is 4.99 Å². The van der Waals surface area contributed by atoms with Crippen LogP contribution in [-0.4, -0.2) is 48.2 Å². The summed E-state index contributed by atoms with van der Waals surface area (Å²) in [5, 5.41) is 3.25. The minimum atomic E-state index is -0.599. The summed E-state index contributed by atoms with van der Waals surface area (Å²) in [6.07, 6.45) is 0.592. The van der Waals surface area contributed by atoms with Crippen LogP contribution in [0.3, 0.4) is 0 Å². The van der Waals surface area contributed by atoms with E-state index in [0.717, 1.165) is 16.3 Å². The fourth-order valence-corrected chi connectivity index (χ4v) is 3.31. The Bertz CT molecular complexity index is 948. The van der Waals surface area contributed by atoms with Gasteiger partial charge in [0.05, 0.1) is 24.3 Å². The van der Waals surface area contributed by atoms with Gasteiger partial charge in [-0.15, -0.1) is 0 Å². The van der Waals surface area contributed by atoms with Crippen LogP contribution in [0.2, 0.25) is 0 Å². The van der Waals surface area contributed by atoms with Gasteiger partial charge < -0.3 is 10.1 Å². The number of ether oxygens (including phenoxy) is 1. The molecule has 7 heteroatoms. The van der Waals surface area contributed by atoms with Crippen molar-refractivity contribution >= 4 is 23.6 Å². The molecule has 0 unspecified atom stereocenters. The number of hydrogen-bond donors (Lipinski definition) is 1. The number of carbonyl (C=O) groups is 3. The van der Waals surface area contributed by atoms with Crippen LogP contribution in [0.15, 0.2) is 53.5 Å². The monoisotopic (exact) mass is 377 g/mol. The number of nitrogens with zero attached hydrogens (tertiary/aromatic N) is 2. The zero-order valence-corrected chi connectivity index (χ0v) is 15.2. The van der Waals surface area contributed by atoms with Gasteiger partial charge in [0, 0.05) is 12.1 Å². The first-order valence-corrected chi connectivity index (χ1v) is 9.12. The second-order valence-corrected chi connectivity index (χ2v) is 6.56. The van der Waals surface area contributed by atoms with Gasteiger partial charge in [-0.2, -0.15) is 0 Å². The van der Waals surface area contributed by atoms with Crippen LogP contribution >= 0.6 is 0 Å². The molecule has 2 heterocycles. The van der Waals surface area contributed by atoms with Crippen LogP contribution < -0.4 is 5.32 Å². The number of aliphatic imine (C=N–C) groups is 1. The van der Waals surface area contributed by atoms with Crippen LogP contribution in [0, 0.1) is 0 Å². The Hall–Kier alpha value is -3.48. The van der Waals surface area contributed by atoms with Crippen molar-refractivity contribution in [2.45, 2.75) is 13.0 Å². The van der Waals surface area contributed by atoms with E-state index in [0.29, 0.717) is 30.6 Å². The molecule has 142 valence electrons. The Balaban J connectivity index is 1.20. The van der Waals surface area contributed by atoms with Crippen LogP contribution in [0.1, 0.15) is 38.3 Å². The predicted molar refractivity (Wildman–Crippen MR) is 102 cm³/mol. The molecule has 1 N–H and O–H groups in total. The first kappa shape index (κ1) is 17.9. The molecule has 4 rings (SSSR count). The number of benzene rings is 2. The number of carbonyl (C=O) groups excluding carboxylic acids is 3. The molecule has 0 radical (unpaired) electrons. The van der Waals surface area contributed by atoms with Crippen molar-refractivity contribution in [3.05, 3.63) is 70.8 Å². The molecule has 2 aromatic carbocycles. The highest BCUT2D eigenvalue weighted by Gasteiger charge is 2.36. The van der Waals surface area contributed by atoms with Crippen molar-refractivity contribution in [1.29, 1.82) is 0 Å². The van der Waals surface area contributed by atoms with Gasteiger partial charge in [-0.05, 0) is 24.1 Å². The van der Waals surface area contributed by atoms with Gasteiger partial charge >= 0.3 is 5.97 Å². The Labute approximate surface area is 162 Å². The topological polar surface area (TPSA) is 88.1 Å². The molecule has 2 aromatic rings. The van der Waals surface area contributed by atoms with Gasteiger partial charge in [-0.25, -0.2) is 0 Å². The summed E-state index contributed by atoms with van der Waals surface area (Å²) in [5.41, 5.74) is 2.94. The molecule has 0 spiro atoms. The highest BCUT2D eigenvalue weighted by atomic mass is 16.5.